The molecule has 15 nitrogen and oxygen atoms in total. The lowest BCUT2D eigenvalue weighted by molar-refractivity contribution is -0.139. The lowest BCUT2D eigenvalue weighted by Gasteiger charge is -2.31. The highest BCUT2D eigenvalue weighted by atomic mass is 35.5. The number of hydrogen-bond acceptors (Lipinski definition) is 11. The number of imide groups is 1. The van der Waals surface area contributed by atoms with Crippen LogP contribution in [0, 0.1) is 20.8 Å². The summed E-state index contributed by atoms with van der Waals surface area (Å²) in [5, 5.41) is 29.4. The summed E-state index contributed by atoms with van der Waals surface area (Å²) in [6, 6.07) is 10.7. The monoisotopic (exact) mass is 814 g/mol. The minimum absolute atomic E-state index is 0.0519. The van der Waals surface area contributed by atoms with Crippen molar-refractivity contribution in [3.63, 3.8) is 0 Å². The molecule has 0 spiro atoms. The van der Waals surface area contributed by atoms with E-state index in [1.165, 1.54) is 10.9 Å². The van der Waals surface area contributed by atoms with Gasteiger partial charge in [-0.05, 0) is 63.8 Å². The quantitative estimate of drug-likeness (QED) is 0.106. The molecule has 0 bridgehead atoms. The van der Waals surface area contributed by atoms with Crippen LogP contribution >= 0.6 is 22.9 Å². The first-order valence-electron chi connectivity index (χ1n) is 18.9. The normalized spacial score (nSPS) is 18.6. The summed E-state index contributed by atoms with van der Waals surface area (Å²) in [7, 11) is 0. The number of nitrogens with zero attached hydrogens (tertiary/aromatic N) is 5. The first kappa shape index (κ1) is 39.8. The van der Waals surface area contributed by atoms with E-state index in [1.807, 2.05) is 35.8 Å². The standard InChI is InChI=1S/C40H43ClN8O7S/c1-21-22(2)57-40-33(21)35(24-11-13-25(41)14-12-24)44-27(36-47-46-23(3)48(36)40)19-31(51)42-17-6-4-5-7-18-43-32(52)20-56-29-10-8-9-26-34(29)39(55)49(38(26)54)28-15-16-30(50)45-37(28)53/h8-14,27-28,38,54H,4-7,15-20H2,1-3H3,(H,42,51)(H,43,52)(H,45,50,53)/t27-,28?,38?/m0/s1. The minimum Gasteiger partial charge on any atom is -0.483 e. The van der Waals surface area contributed by atoms with E-state index in [-0.39, 0.29) is 54.6 Å². The van der Waals surface area contributed by atoms with Crippen LogP contribution in [0.1, 0.15) is 106 Å². The van der Waals surface area contributed by atoms with Crippen molar-refractivity contribution in [2.24, 2.45) is 4.99 Å². The number of amides is 5. The molecule has 0 radical (unpaired) electrons. The number of fused-ring (bicyclic) bond motifs is 4. The molecule has 298 valence electrons. The summed E-state index contributed by atoms with van der Waals surface area (Å²) < 4.78 is 7.71. The third-order valence-corrected chi connectivity index (χ3v) is 11.9. The summed E-state index contributed by atoms with van der Waals surface area (Å²) in [6.45, 7) is 6.64. The van der Waals surface area contributed by atoms with Crippen LogP contribution in [-0.4, -0.2) is 85.8 Å². The largest absolute Gasteiger partial charge is 0.483 e. The van der Waals surface area contributed by atoms with Gasteiger partial charge in [-0.25, -0.2) is 0 Å². The van der Waals surface area contributed by atoms with Gasteiger partial charge < -0.3 is 20.5 Å². The molecule has 1 saturated heterocycles. The van der Waals surface area contributed by atoms with Gasteiger partial charge in [0.1, 0.15) is 28.7 Å². The van der Waals surface area contributed by atoms with E-state index in [1.54, 1.807) is 23.5 Å². The van der Waals surface area contributed by atoms with Crippen LogP contribution in [0.3, 0.4) is 0 Å². The molecule has 0 saturated carbocycles. The van der Waals surface area contributed by atoms with E-state index in [0.717, 1.165) is 57.4 Å². The molecule has 4 aromatic rings. The number of ether oxygens (including phenoxy) is 1. The van der Waals surface area contributed by atoms with Crippen LogP contribution < -0.4 is 20.7 Å². The van der Waals surface area contributed by atoms with E-state index in [2.05, 4.69) is 40.0 Å². The summed E-state index contributed by atoms with van der Waals surface area (Å²) in [4.78, 5) is 70.5. The van der Waals surface area contributed by atoms with E-state index in [9.17, 15) is 29.1 Å². The number of piperidine rings is 1. The van der Waals surface area contributed by atoms with Gasteiger partial charge in [-0.1, -0.05) is 48.7 Å². The number of rotatable bonds is 14. The van der Waals surface area contributed by atoms with Crippen LogP contribution in [0.5, 0.6) is 5.75 Å². The Bertz CT molecular complexity index is 2270. The number of aromatic nitrogens is 3. The highest BCUT2D eigenvalue weighted by Gasteiger charge is 2.46. The van der Waals surface area contributed by atoms with E-state index < -0.39 is 36.0 Å². The molecular formula is C40H43ClN8O7S. The molecule has 7 rings (SSSR count). The Labute approximate surface area is 337 Å². The van der Waals surface area contributed by atoms with Gasteiger partial charge in [-0.2, -0.15) is 0 Å². The number of aliphatic hydroxyl groups is 1. The minimum atomic E-state index is -1.39. The fourth-order valence-corrected chi connectivity index (χ4v) is 8.74. The molecule has 1 fully saturated rings. The van der Waals surface area contributed by atoms with Gasteiger partial charge in [0.2, 0.25) is 17.7 Å². The van der Waals surface area contributed by atoms with Gasteiger partial charge >= 0.3 is 0 Å². The summed E-state index contributed by atoms with van der Waals surface area (Å²) >= 11 is 7.87. The molecule has 57 heavy (non-hydrogen) atoms. The van der Waals surface area contributed by atoms with Gasteiger partial charge in [-0.15, -0.1) is 21.5 Å². The zero-order valence-electron chi connectivity index (χ0n) is 31.8. The number of aliphatic hydroxyl groups excluding tert-OH is 1. The molecule has 3 aliphatic rings. The van der Waals surface area contributed by atoms with E-state index >= 15 is 0 Å². The van der Waals surface area contributed by atoms with Crippen molar-refractivity contribution >= 4 is 58.2 Å². The lowest BCUT2D eigenvalue weighted by atomic mass is 9.99. The van der Waals surface area contributed by atoms with Crippen molar-refractivity contribution in [2.45, 2.75) is 84.0 Å². The number of carbonyl (C=O) groups is 5. The maximum Gasteiger partial charge on any atom is 0.261 e. The molecule has 5 heterocycles. The highest BCUT2D eigenvalue weighted by molar-refractivity contribution is 7.15. The van der Waals surface area contributed by atoms with Crippen LogP contribution in [-0.2, 0) is 19.2 Å². The van der Waals surface area contributed by atoms with Crippen molar-refractivity contribution in [3.8, 4) is 10.8 Å². The van der Waals surface area contributed by atoms with Crippen LogP contribution in [0.25, 0.3) is 5.00 Å². The van der Waals surface area contributed by atoms with Crippen LogP contribution in [0.2, 0.25) is 5.02 Å². The zero-order valence-corrected chi connectivity index (χ0v) is 33.3. The lowest BCUT2D eigenvalue weighted by Crippen LogP contribution is -2.53. The summed E-state index contributed by atoms with van der Waals surface area (Å²) in [5.74, 6) is -0.726. The predicted molar refractivity (Wildman–Crippen MR) is 212 cm³/mol. The van der Waals surface area contributed by atoms with Crippen LogP contribution in [0.4, 0.5) is 0 Å². The van der Waals surface area contributed by atoms with Gasteiger partial charge in [0, 0.05) is 46.1 Å². The maximum absolute atomic E-state index is 13.3. The number of thiophene rings is 1. The van der Waals surface area contributed by atoms with Crippen molar-refractivity contribution in [3.05, 3.63) is 91.8 Å². The Morgan fingerprint density at radius 1 is 0.965 bits per heavy atom. The second-order valence-corrected chi connectivity index (χ2v) is 15.9. The van der Waals surface area contributed by atoms with Gasteiger partial charge in [-0.3, -0.25) is 43.7 Å². The summed E-state index contributed by atoms with van der Waals surface area (Å²) in [6.07, 6.45) is 2.01. The zero-order chi connectivity index (χ0) is 40.4. The van der Waals surface area contributed by atoms with Crippen LogP contribution in [0.15, 0.2) is 47.5 Å². The Morgan fingerprint density at radius 3 is 2.40 bits per heavy atom. The SMILES string of the molecule is Cc1sc2c(c1C)C(c1ccc(Cl)cc1)=N[C@@H](CC(=O)NCCCCCCNC(=O)COc1cccc3c1C(=O)N(C1CCC(=O)NC1=O)C3O)c1nnc(C)n1-2. The smallest absolute Gasteiger partial charge is 0.261 e. The predicted octanol–water partition coefficient (Wildman–Crippen LogP) is 4.31. The number of hydrogen-bond donors (Lipinski definition) is 4. The van der Waals surface area contributed by atoms with E-state index in [4.69, 9.17) is 21.3 Å². The van der Waals surface area contributed by atoms with E-state index in [0.29, 0.717) is 30.4 Å². The van der Waals surface area contributed by atoms with Gasteiger partial charge in [0.05, 0.1) is 17.7 Å². The van der Waals surface area contributed by atoms with Crippen molar-refractivity contribution in [2.75, 3.05) is 19.7 Å². The van der Waals surface area contributed by atoms with Crippen molar-refractivity contribution in [1.29, 1.82) is 0 Å². The van der Waals surface area contributed by atoms with Gasteiger partial charge in [0.25, 0.3) is 11.8 Å². The fourth-order valence-electron chi connectivity index (χ4n) is 7.40. The maximum atomic E-state index is 13.3. The van der Waals surface area contributed by atoms with Crippen molar-refractivity contribution in [1.82, 2.24) is 35.6 Å². The number of halogens is 1. The fraction of sp³-hybridized carbons (Fsp3) is 0.400. The molecule has 5 amide bonds. The summed E-state index contributed by atoms with van der Waals surface area (Å²) in [5.41, 5.74) is 4.18. The van der Waals surface area contributed by atoms with Gasteiger partial charge in [0.15, 0.2) is 18.7 Å². The second-order valence-electron chi connectivity index (χ2n) is 14.3. The van der Waals surface area contributed by atoms with Crippen molar-refractivity contribution < 1.29 is 33.8 Å². The first-order valence-corrected chi connectivity index (χ1v) is 20.1. The molecule has 2 aromatic heterocycles. The third kappa shape index (κ3) is 8.20. The molecule has 2 unspecified atom stereocenters. The highest BCUT2D eigenvalue weighted by Crippen LogP contribution is 2.41. The Kier molecular flexibility index (Phi) is 11.8. The second kappa shape index (κ2) is 17.0. The molecule has 2 aromatic carbocycles. The molecular weight excluding hydrogens is 772 g/mol. The molecule has 3 atom stereocenters. The molecule has 4 N–H and O–H groups in total. The number of carbonyl (C=O) groups excluding carboxylic acids is 5. The first-order chi connectivity index (χ1) is 27.4. The number of benzene rings is 2. The Morgan fingerprint density at radius 2 is 1.68 bits per heavy atom. The average Bonchev–Trinajstić information content (AvgIpc) is 3.76. The number of aliphatic imine (C=N–C) groups is 1. The topological polar surface area (TPSA) is 197 Å². The average molecular weight is 815 g/mol. The third-order valence-electron chi connectivity index (χ3n) is 10.4. The Hall–Kier alpha value is -5.45. The number of nitrogens with one attached hydrogen (secondary N) is 3. The molecule has 3 aliphatic heterocycles. The molecule has 0 aliphatic carbocycles. The molecule has 17 heteroatoms. The Balaban J connectivity index is 0.854. The number of unbranched alkanes of at least 4 members (excludes halogenated alkanes) is 3. The number of aryl methyl sites for hydroxylation is 2.